The number of hydrogen-bond acceptors (Lipinski definition) is 7. The number of rotatable bonds is 9. The van der Waals surface area contributed by atoms with Crippen LogP contribution in [0.3, 0.4) is 0 Å². The van der Waals surface area contributed by atoms with Gasteiger partial charge >= 0.3 is 0 Å². The molecule has 158 valence electrons. The van der Waals surface area contributed by atoms with Gasteiger partial charge in [0, 0.05) is 30.2 Å². The van der Waals surface area contributed by atoms with Crippen molar-refractivity contribution in [2.45, 2.75) is 13.0 Å². The summed E-state index contributed by atoms with van der Waals surface area (Å²) in [5.74, 6) is 0.397. The minimum Gasteiger partial charge on any atom is -0.493 e. The second-order valence-corrected chi connectivity index (χ2v) is 6.44. The summed E-state index contributed by atoms with van der Waals surface area (Å²) in [6, 6.07) is 10.2. The molecule has 0 aliphatic carbocycles. The van der Waals surface area contributed by atoms with Gasteiger partial charge in [0.05, 0.1) is 31.8 Å². The smallest absolute Gasteiger partial charge is 0.287 e. The van der Waals surface area contributed by atoms with E-state index in [0.717, 1.165) is 5.39 Å². The molecule has 0 radical (unpaired) electrons. The molecule has 0 fully saturated rings. The lowest BCUT2D eigenvalue weighted by molar-refractivity contribution is -0.385. The molecule has 30 heavy (non-hydrogen) atoms. The normalized spacial score (nSPS) is 10.8. The van der Waals surface area contributed by atoms with Gasteiger partial charge in [-0.25, -0.2) is 0 Å². The summed E-state index contributed by atoms with van der Waals surface area (Å²) in [6.07, 6.45) is 0.224. The van der Waals surface area contributed by atoms with Gasteiger partial charge in [-0.2, -0.15) is 0 Å². The number of nitro benzene ring substituents is 1. The van der Waals surface area contributed by atoms with Crippen LogP contribution in [0.15, 0.2) is 40.8 Å². The molecule has 0 bridgehead atoms. The number of nitro groups is 1. The number of carbonyl (C=O) groups excluding carboxylic acids is 1. The molecule has 0 spiro atoms. The van der Waals surface area contributed by atoms with Crippen LogP contribution >= 0.6 is 0 Å². The molecule has 0 saturated heterocycles. The van der Waals surface area contributed by atoms with Crippen LogP contribution in [0.25, 0.3) is 11.0 Å². The van der Waals surface area contributed by atoms with Gasteiger partial charge in [-0.05, 0) is 18.6 Å². The van der Waals surface area contributed by atoms with E-state index < -0.39 is 10.8 Å². The van der Waals surface area contributed by atoms with E-state index in [1.54, 1.807) is 19.2 Å². The minimum absolute atomic E-state index is 0.106. The number of methoxy groups -OCH3 is 3. The standard InChI is InChI=1S/C21H22N2O7/c1-27-12-15-14-6-4-5-7-17(14)30-20(15)21(24)22-9-8-13-10-18(28-2)19(29-3)11-16(13)23(25)26/h4-7,10-11H,8-9,12H2,1-3H3,(H,22,24). The molecule has 2 aromatic carbocycles. The molecule has 0 unspecified atom stereocenters. The fraction of sp³-hybridized carbons (Fsp3) is 0.286. The zero-order chi connectivity index (χ0) is 21.7. The molecule has 1 amide bonds. The van der Waals surface area contributed by atoms with Crippen molar-refractivity contribution in [1.29, 1.82) is 0 Å². The predicted octanol–water partition coefficient (Wildman–Crippen LogP) is 3.48. The van der Waals surface area contributed by atoms with Crippen LogP contribution in [0.2, 0.25) is 0 Å². The Morgan fingerprint density at radius 3 is 2.50 bits per heavy atom. The predicted molar refractivity (Wildman–Crippen MR) is 109 cm³/mol. The number of carbonyl (C=O) groups is 1. The van der Waals surface area contributed by atoms with Crippen molar-refractivity contribution < 1.29 is 28.3 Å². The maximum Gasteiger partial charge on any atom is 0.287 e. The van der Waals surface area contributed by atoms with E-state index in [2.05, 4.69) is 5.32 Å². The second kappa shape index (κ2) is 9.27. The average Bonchev–Trinajstić information content (AvgIpc) is 3.12. The number of amides is 1. The topological polar surface area (TPSA) is 113 Å². The number of nitrogens with zero attached hydrogens (tertiary/aromatic N) is 1. The van der Waals surface area contributed by atoms with Crippen molar-refractivity contribution in [3.63, 3.8) is 0 Å². The highest BCUT2D eigenvalue weighted by Crippen LogP contribution is 2.34. The Balaban J connectivity index is 1.79. The summed E-state index contributed by atoms with van der Waals surface area (Å²) in [5, 5.41) is 15.0. The third-order valence-corrected chi connectivity index (χ3v) is 4.65. The van der Waals surface area contributed by atoms with Gasteiger partial charge in [0.25, 0.3) is 11.6 Å². The highest BCUT2D eigenvalue weighted by atomic mass is 16.6. The van der Waals surface area contributed by atoms with Gasteiger partial charge in [-0.15, -0.1) is 0 Å². The van der Waals surface area contributed by atoms with Crippen molar-refractivity contribution in [1.82, 2.24) is 5.32 Å². The van der Waals surface area contributed by atoms with Gasteiger partial charge < -0.3 is 23.9 Å². The summed E-state index contributed by atoms with van der Waals surface area (Å²) < 4.78 is 21.3. The summed E-state index contributed by atoms with van der Waals surface area (Å²) in [4.78, 5) is 23.6. The molecule has 1 heterocycles. The van der Waals surface area contributed by atoms with Crippen LogP contribution < -0.4 is 14.8 Å². The number of para-hydroxylation sites is 1. The van der Waals surface area contributed by atoms with E-state index in [9.17, 15) is 14.9 Å². The van der Waals surface area contributed by atoms with E-state index in [1.807, 2.05) is 18.2 Å². The van der Waals surface area contributed by atoms with Gasteiger partial charge in [0.15, 0.2) is 17.3 Å². The zero-order valence-electron chi connectivity index (χ0n) is 16.9. The number of nitrogens with one attached hydrogen (secondary N) is 1. The minimum atomic E-state index is -0.491. The van der Waals surface area contributed by atoms with Crippen LogP contribution in [0, 0.1) is 10.1 Å². The lowest BCUT2D eigenvalue weighted by atomic mass is 10.1. The Morgan fingerprint density at radius 2 is 1.83 bits per heavy atom. The lowest BCUT2D eigenvalue weighted by Crippen LogP contribution is -2.26. The van der Waals surface area contributed by atoms with Crippen molar-refractivity contribution in [3.8, 4) is 11.5 Å². The number of furan rings is 1. The summed E-state index contributed by atoms with van der Waals surface area (Å²) in [7, 11) is 4.40. The first kappa shape index (κ1) is 21.1. The molecular formula is C21H22N2O7. The molecule has 3 rings (SSSR count). The zero-order valence-corrected chi connectivity index (χ0v) is 16.9. The number of fused-ring (bicyclic) bond motifs is 1. The van der Waals surface area contributed by atoms with E-state index in [0.29, 0.717) is 22.5 Å². The third kappa shape index (κ3) is 4.20. The fourth-order valence-corrected chi connectivity index (χ4v) is 3.24. The third-order valence-electron chi connectivity index (χ3n) is 4.65. The number of benzene rings is 2. The highest BCUT2D eigenvalue weighted by molar-refractivity contribution is 5.99. The maximum atomic E-state index is 12.7. The maximum absolute atomic E-state index is 12.7. The van der Waals surface area contributed by atoms with E-state index in [1.165, 1.54) is 20.3 Å². The van der Waals surface area contributed by atoms with Crippen LogP contribution in [0.4, 0.5) is 5.69 Å². The molecule has 0 saturated carbocycles. The first-order chi connectivity index (χ1) is 14.5. The average molecular weight is 414 g/mol. The Bertz CT molecular complexity index is 1070. The largest absolute Gasteiger partial charge is 0.493 e. The molecule has 0 aliphatic rings. The van der Waals surface area contributed by atoms with Crippen LogP contribution in [-0.2, 0) is 17.8 Å². The highest BCUT2D eigenvalue weighted by Gasteiger charge is 2.22. The van der Waals surface area contributed by atoms with Gasteiger partial charge in [0.2, 0.25) is 0 Å². The molecule has 0 aliphatic heterocycles. The van der Waals surface area contributed by atoms with Crippen molar-refractivity contribution in [3.05, 3.63) is 63.4 Å². The molecule has 0 atom stereocenters. The first-order valence-corrected chi connectivity index (χ1v) is 9.17. The second-order valence-electron chi connectivity index (χ2n) is 6.44. The van der Waals surface area contributed by atoms with Gasteiger partial charge in [0.1, 0.15) is 5.58 Å². The quantitative estimate of drug-likeness (QED) is 0.421. The summed E-state index contributed by atoms with van der Waals surface area (Å²) >= 11 is 0. The monoisotopic (exact) mass is 414 g/mol. The number of hydrogen-bond donors (Lipinski definition) is 1. The van der Waals surface area contributed by atoms with Crippen LogP contribution in [-0.4, -0.2) is 38.7 Å². The molecule has 1 aromatic heterocycles. The molecule has 9 heteroatoms. The van der Waals surface area contributed by atoms with E-state index >= 15 is 0 Å². The Hall–Kier alpha value is -3.59. The molecule has 9 nitrogen and oxygen atoms in total. The molecule has 3 aromatic rings. The Morgan fingerprint density at radius 1 is 1.13 bits per heavy atom. The van der Waals surface area contributed by atoms with Gasteiger partial charge in [-0.1, -0.05) is 18.2 Å². The fourth-order valence-electron chi connectivity index (χ4n) is 3.24. The van der Waals surface area contributed by atoms with E-state index in [-0.39, 0.29) is 36.8 Å². The Kier molecular flexibility index (Phi) is 6.53. The lowest BCUT2D eigenvalue weighted by Gasteiger charge is -2.11. The van der Waals surface area contributed by atoms with E-state index in [4.69, 9.17) is 18.6 Å². The summed E-state index contributed by atoms with van der Waals surface area (Å²) in [5.41, 5.74) is 1.55. The first-order valence-electron chi connectivity index (χ1n) is 9.17. The molecular weight excluding hydrogens is 392 g/mol. The number of ether oxygens (including phenoxy) is 3. The van der Waals surface area contributed by atoms with Gasteiger partial charge in [-0.3, -0.25) is 14.9 Å². The summed E-state index contributed by atoms with van der Waals surface area (Å²) in [6.45, 7) is 0.388. The van der Waals surface area contributed by atoms with Crippen LogP contribution in [0.1, 0.15) is 21.7 Å². The van der Waals surface area contributed by atoms with Crippen molar-refractivity contribution >= 4 is 22.6 Å². The Labute approximate surface area is 172 Å². The van der Waals surface area contributed by atoms with Crippen molar-refractivity contribution in [2.75, 3.05) is 27.9 Å². The van der Waals surface area contributed by atoms with Crippen LogP contribution in [0.5, 0.6) is 11.5 Å². The van der Waals surface area contributed by atoms with Crippen molar-refractivity contribution in [2.24, 2.45) is 0 Å². The SMILES string of the molecule is COCc1c(C(=O)NCCc2cc(OC)c(OC)cc2[N+](=O)[O-])oc2ccccc12. The molecule has 1 N–H and O–H groups in total.